The van der Waals surface area contributed by atoms with E-state index in [0.717, 1.165) is 18.4 Å². The van der Waals surface area contributed by atoms with Gasteiger partial charge in [0.15, 0.2) is 0 Å². The Morgan fingerprint density at radius 1 is 1.38 bits per heavy atom. The van der Waals surface area contributed by atoms with E-state index in [9.17, 15) is 4.79 Å². The molecule has 5 heteroatoms. The van der Waals surface area contributed by atoms with E-state index >= 15 is 0 Å². The van der Waals surface area contributed by atoms with E-state index in [1.54, 1.807) is 7.11 Å². The second-order valence-corrected chi connectivity index (χ2v) is 5.30. The maximum atomic E-state index is 12.6. The molecule has 1 saturated heterocycles. The number of carbonyl (C=O) groups excluding carboxylic acids is 1. The van der Waals surface area contributed by atoms with Gasteiger partial charge in [-0.2, -0.15) is 0 Å². The molecule has 2 rings (SSSR count). The number of hydrogen-bond acceptors (Lipinski definition) is 4. The van der Waals surface area contributed by atoms with Gasteiger partial charge in [-0.15, -0.1) is 0 Å². The van der Waals surface area contributed by atoms with Gasteiger partial charge in [0.25, 0.3) is 5.91 Å². The van der Waals surface area contributed by atoms with Gasteiger partial charge in [-0.3, -0.25) is 4.79 Å². The molecule has 1 aromatic rings. The van der Waals surface area contributed by atoms with Crippen LogP contribution in [0.2, 0.25) is 0 Å². The second kappa shape index (κ2) is 8.12. The van der Waals surface area contributed by atoms with Crippen LogP contribution in [0.3, 0.4) is 0 Å². The van der Waals surface area contributed by atoms with Crippen molar-refractivity contribution in [3.8, 4) is 0 Å². The number of hydrogen-bond donors (Lipinski definition) is 1. The molecule has 5 nitrogen and oxygen atoms in total. The van der Waals surface area contributed by atoms with Gasteiger partial charge in [-0.1, -0.05) is 30.3 Å². The highest BCUT2D eigenvalue weighted by Crippen LogP contribution is 2.21. The summed E-state index contributed by atoms with van der Waals surface area (Å²) >= 11 is 0. The maximum absolute atomic E-state index is 12.6. The normalized spacial score (nSPS) is 21.4. The highest BCUT2D eigenvalue weighted by Gasteiger charge is 2.32. The maximum Gasteiger partial charge on any atom is 0.252 e. The average Bonchev–Trinajstić information content (AvgIpc) is 3.00. The molecule has 0 unspecified atom stereocenters. The minimum Gasteiger partial charge on any atom is -0.383 e. The predicted molar refractivity (Wildman–Crippen MR) is 80.7 cm³/mol. The van der Waals surface area contributed by atoms with Crippen LogP contribution in [0, 0.1) is 0 Å². The smallest absolute Gasteiger partial charge is 0.252 e. The molecule has 0 bridgehead atoms. The molecule has 0 saturated carbocycles. The number of nitrogens with zero attached hydrogens (tertiary/aromatic N) is 1. The van der Waals surface area contributed by atoms with Crippen molar-refractivity contribution in [1.29, 1.82) is 0 Å². The Morgan fingerprint density at radius 2 is 2.14 bits per heavy atom. The minimum atomic E-state index is -0.362. The molecule has 1 aliphatic heterocycles. The standard InChI is InChI=1S/C16H24N2O3/c1-20-10-9-18(12-13-5-3-2-4-6-13)16(19)15-8-7-14(11-17)21-15/h2-6,14-15H,7-12,17H2,1H3/t14-,15+/m1/s1. The summed E-state index contributed by atoms with van der Waals surface area (Å²) in [6, 6.07) is 9.96. The summed E-state index contributed by atoms with van der Waals surface area (Å²) < 4.78 is 10.8. The molecule has 21 heavy (non-hydrogen) atoms. The monoisotopic (exact) mass is 292 g/mol. The summed E-state index contributed by atoms with van der Waals surface area (Å²) in [6.45, 7) is 2.14. The van der Waals surface area contributed by atoms with Gasteiger partial charge in [0, 0.05) is 26.7 Å². The van der Waals surface area contributed by atoms with Gasteiger partial charge in [-0.05, 0) is 18.4 Å². The van der Waals surface area contributed by atoms with Gasteiger partial charge >= 0.3 is 0 Å². The van der Waals surface area contributed by atoms with E-state index < -0.39 is 0 Å². The molecule has 0 spiro atoms. The molecule has 2 N–H and O–H groups in total. The Morgan fingerprint density at radius 3 is 2.76 bits per heavy atom. The molecule has 1 aromatic carbocycles. The lowest BCUT2D eigenvalue weighted by molar-refractivity contribution is -0.144. The zero-order valence-electron chi connectivity index (χ0n) is 12.5. The third-order valence-corrected chi connectivity index (χ3v) is 3.74. The third-order valence-electron chi connectivity index (χ3n) is 3.74. The van der Waals surface area contributed by atoms with Crippen LogP contribution < -0.4 is 5.73 Å². The molecule has 1 fully saturated rings. The van der Waals surface area contributed by atoms with Crippen molar-refractivity contribution in [2.75, 3.05) is 26.8 Å². The van der Waals surface area contributed by atoms with Crippen LogP contribution in [0.1, 0.15) is 18.4 Å². The van der Waals surface area contributed by atoms with E-state index in [1.807, 2.05) is 35.2 Å². The van der Waals surface area contributed by atoms with Gasteiger partial charge < -0.3 is 20.1 Å². The highest BCUT2D eigenvalue weighted by molar-refractivity contribution is 5.81. The molecule has 0 radical (unpaired) electrons. The van der Waals surface area contributed by atoms with Crippen molar-refractivity contribution in [2.45, 2.75) is 31.6 Å². The number of methoxy groups -OCH3 is 1. The first kappa shape index (κ1) is 15.9. The van der Waals surface area contributed by atoms with Crippen LogP contribution in [-0.2, 0) is 20.8 Å². The van der Waals surface area contributed by atoms with Crippen molar-refractivity contribution in [3.05, 3.63) is 35.9 Å². The summed E-state index contributed by atoms with van der Waals surface area (Å²) in [7, 11) is 1.64. The summed E-state index contributed by atoms with van der Waals surface area (Å²) in [5, 5.41) is 0. The summed E-state index contributed by atoms with van der Waals surface area (Å²) in [5.41, 5.74) is 6.71. The van der Waals surface area contributed by atoms with Crippen LogP contribution in [0.4, 0.5) is 0 Å². The number of nitrogens with two attached hydrogens (primary N) is 1. The highest BCUT2D eigenvalue weighted by atomic mass is 16.5. The number of benzene rings is 1. The van der Waals surface area contributed by atoms with Crippen molar-refractivity contribution < 1.29 is 14.3 Å². The van der Waals surface area contributed by atoms with Gasteiger partial charge in [-0.25, -0.2) is 0 Å². The van der Waals surface area contributed by atoms with E-state index in [1.165, 1.54) is 0 Å². The Kier molecular flexibility index (Phi) is 6.17. The van der Waals surface area contributed by atoms with Crippen LogP contribution >= 0.6 is 0 Å². The fourth-order valence-corrected chi connectivity index (χ4v) is 2.54. The third kappa shape index (κ3) is 4.52. The Bertz CT molecular complexity index is 438. The molecular formula is C16H24N2O3. The SMILES string of the molecule is COCCN(Cc1ccccc1)C(=O)[C@@H]1CC[C@H](CN)O1. The molecule has 116 valence electrons. The van der Waals surface area contributed by atoms with E-state index in [4.69, 9.17) is 15.2 Å². The van der Waals surface area contributed by atoms with Crippen LogP contribution in [0.25, 0.3) is 0 Å². The van der Waals surface area contributed by atoms with E-state index in [-0.39, 0.29) is 18.1 Å². The lowest BCUT2D eigenvalue weighted by Crippen LogP contribution is -2.41. The summed E-state index contributed by atoms with van der Waals surface area (Å²) in [6.07, 6.45) is 1.26. The first-order valence-electron chi connectivity index (χ1n) is 7.41. The van der Waals surface area contributed by atoms with Crippen molar-refractivity contribution in [1.82, 2.24) is 4.90 Å². The number of carbonyl (C=O) groups is 1. The van der Waals surface area contributed by atoms with Crippen molar-refractivity contribution in [2.24, 2.45) is 5.73 Å². The molecule has 1 aliphatic rings. The zero-order chi connectivity index (χ0) is 15.1. The Balaban J connectivity index is 1.99. The number of amides is 1. The molecule has 0 aromatic heterocycles. The van der Waals surface area contributed by atoms with Crippen LogP contribution in [-0.4, -0.2) is 49.8 Å². The lowest BCUT2D eigenvalue weighted by atomic mass is 10.1. The fraction of sp³-hybridized carbons (Fsp3) is 0.562. The van der Waals surface area contributed by atoms with Crippen molar-refractivity contribution in [3.63, 3.8) is 0 Å². The van der Waals surface area contributed by atoms with Gasteiger partial charge in [0.1, 0.15) is 6.10 Å². The first-order valence-corrected chi connectivity index (χ1v) is 7.41. The second-order valence-electron chi connectivity index (χ2n) is 5.30. The molecule has 1 amide bonds. The van der Waals surface area contributed by atoms with Crippen molar-refractivity contribution >= 4 is 5.91 Å². The predicted octanol–water partition coefficient (Wildman–Crippen LogP) is 1.17. The Labute approximate surface area is 126 Å². The first-order chi connectivity index (χ1) is 10.2. The van der Waals surface area contributed by atoms with E-state index in [0.29, 0.717) is 26.2 Å². The largest absolute Gasteiger partial charge is 0.383 e. The Hall–Kier alpha value is -1.43. The lowest BCUT2D eigenvalue weighted by Gasteiger charge is -2.25. The molecular weight excluding hydrogens is 268 g/mol. The fourth-order valence-electron chi connectivity index (χ4n) is 2.54. The quantitative estimate of drug-likeness (QED) is 0.819. The number of rotatable bonds is 7. The minimum absolute atomic E-state index is 0.0138. The van der Waals surface area contributed by atoms with Crippen LogP contribution in [0.15, 0.2) is 30.3 Å². The summed E-state index contributed by atoms with van der Waals surface area (Å²) in [5.74, 6) is 0.0341. The molecule has 2 atom stereocenters. The summed E-state index contributed by atoms with van der Waals surface area (Å²) in [4.78, 5) is 14.4. The number of ether oxygens (including phenoxy) is 2. The van der Waals surface area contributed by atoms with Crippen LogP contribution in [0.5, 0.6) is 0 Å². The molecule has 0 aliphatic carbocycles. The van der Waals surface area contributed by atoms with Gasteiger partial charge in [0.05, 0.1) is 12.7 Å². The van der Waals surface area contributed by atoms with E-state index in [2.05, 4.69) is 0 Å². The topological polar surface area (TPSA) is 64.8 Å². The van der Waals surface area contributed by atoms with Gasteiger partial charge in [0.2, 0.25) is 0 Å². The average molecular weight is 292 g/mol. The molecule has 1 heterocycles. The zero-order valence-corrected chi connectivity index (χ0v) is 12.5.